The van der Waals surface area contributed by atoms with Gasteiger partial charge in [-0.05, 0) is 32.0 Å². The van der Waals surface area contributed by atoms with Gasteiger partial charge in [-0.25, -0.2) is 9.78 Å². The van der Waals surface area contributed by atoms with E-state index in [1.807, 2.05) is 52.8 Å². The third-order valence-electron chi connectivity index (χ3n) is 6.45. The van der Waals surface area contributed by atoms with Crippen LogP contribution in [0.2, 0.25) is 0 Å². The fourth-order valence-electron chi connectivity index (χ4n) is 4.54. The molecule has 0 saturated carbocycles. The van der Waals surface area contributed by atoms with E-state index in [-0.39, 0.29) is 17.1 Å². The summed E-state index contributed by atoms with van der Waals surface area (Å²) in [6, 6.07) is 11.9. The van der Waals surface area contributed by atoms with Gasteiger partial charge < -0.3 is 4.90 Å². The molecule has 1 aliphatic rings. The SMILES string of the molecule is CN1CCN(Cc2ccc(C(C)(C)C(=O)[N+](N)(CC(C)(C)C)c3ccnc(C#N)n3)cc2)CC1. The van der Waals surface area contributed by atoms with Gasteiger partial charge in [-0.15, -0.1) is 4.59 Å². The lowest BCUT2D eigenvalue weighted by molar-refractivity contribution is -0.137. The van der Waals surface area contributed by atoms with Crippen LogP contribution in [0.25, 0.3) is 0 Å². The molecule has 0 spiro atoms. The highest BCUT2D eigenvalue weighted by atomic mass is 16.2. The van der Waals surface area contributed by atoms with Gasteiger partial charge in [-0.2, -0.15) is 16.1 Å². The quantitative estimate of drug-likeness (QED) is 0.304. The van der Waals surface area contributed by atoms with E-state index in [0.717, 1.165) is 38.3 Å². The van der Waals surface area contributed by atoms with Crippen molar-refractivity contribution in [3.05, 3.63) is 53.5 Å². The van der Waals surface area contributed by atoms with E-state index in [4.69, 9.17) is 5.84 Å². The Bertz CT molecular complexity index is 1040. The van der Waals surface area contributed by atoms with Crippen molar-refractivity contribution < 1.29 is 4.79 Å². The van der Waals surface area contributed by atoms with Crippen LogP contribution in [-0.4, -0.2) is 65.4 Å². The van der Waals surface area contributed by atoms with E-state index in [1.54, 1.807) is 6.07 Å². The Morgan fingerprint density at radius 2 is 1.71 bits per heavy atom. The molecule has 1 atom stereocenters. The molecule has 34 heavy (non-hydrogen) atoms. The molecule has 8 nitrogen and oxygen atoms in total. The van der Waals surface area contributed by atoms with Crippen molar-refractivity contribution in [2.24, 2.45) is 11.3 Å². The fourth-order valence-corrected chi connectivity index (χ4v) is 4.54. The number of piperazine rings is 1. The third kappa shape index (κ3) is 5.86. The summed E-state index contributed by atoms with van der Waals surface area (Å²) in [6.07, 6.45) is 1.48. The number of amides is 1. The van der Waals surface area contributed by atoms with Gasteiger partial charge in [0.05, 0.1) is 0 Å². The van der Waals surface area contributed by atoms with E-state index < -0.39 is 10.0 Å². The molecule has 1 amide bonds. The van der Waals surface area contributed by atoms with Crippen LogP contribution in [0.3, 0.4) is 0 Å². The lowest BCUT2D eigenvalue weighted by Gasteiger charge is -2.38. The zero-order valence-electron chi connectivity index (χ0n) is 21.4. The van der Waals surface area contributed by atoms with Crippen LogP contribution >= 0.6 is 0 Å². The van der Waals surface area contributed by atoms with Gasteiger partial charge in [-0.3, -0.25) is 4.90 Å². The van der Waals surface area contributed by atoms with E-state index in [2.05, 4.69) is 38.9 Å². The largest absolute Gasteiger partial charge is 0.348 e. The van der Waals surface area contributed by atoms with Gasteiger partial charge >= 0.3 is 5.91 Å². The Morgan fingerprint density at radius 1 is 1.09 bits per heavy atom. The lowest BCUT2D eigenvalue weighted by atomic mass is 9.81. The Kier molecular flexibility index (Phi) is 7.53. The molecule has 2 N–H and O–H groups in total. The third-order valence-corrected chi connectivity index (χ3v) is 6.45. The highest BCUT2D eigenvalue weighted by molar-refractivity contribution is 5.95. The number of nitrogens with zero attached hydrogens (tertiary/aromatic N) is 6. The van der Waals surface area contributed by atoms with Crippen LogP contribution in [0, 0.1) is 16.7 Å². The first-order chi connectivity index (χ1) is 15.8. The first-order valence-corrected chi connectivity index (χ1v) is 11.8. The van der Waals surface area contributed by atoms with Crippen LogP contribution in [0.4, 0.5) is 5.82 Å². The molecule has 2 heterocycles. The average Bonchev–Trinajstić information content (AvgIpc) is 2.79. The maximum Gasteiger partial charge on any atom is 0.348 e. The Balaban J connectivity index is 1.88. The van der Waals surface area contributed by atoms with Gasteiger partial charge in [0.15, 0.2) is 0 Å². The number of hydrogen-bond acceptors (Lipinski definition) is 7. The maximum absolute atomic E-state index is 14.1. The molecule has 0 aliphatic carbocycles. The van der Waals surface area contributed by atoms with Crippen molar-refractivity contribution >= 4 is 11.7 Å². The summed E-state index contributed by atoms with van der Waals surface area (Å²) >= 11 is 0. The molecule has 0 bridgehead atoms. The zero-order valence-corrected chi connectivity index (χ0v) is 21.4. The summed E-state index contributed by atoms with van der Waals surface area (Å²) in [6.45, 7) is 15.4. The normalized spacial score (nSPS) is 17.7. The number of benzene rings is 1. The second kappa shape index (κ2) is 9.88. The standard InChI is InChI=1S/C26H38N7O/c1-25(2,3)19-33(28,23-11-12-29-22(17-27)30-23)24(34)26(4,5)21-9-7-20(8-10-21)18-32-15-13-31(6)14-16-32/h7-12H,13-16,18-19,28H2,1-6H3/q+1. The molecule has 3 rings (SSSR count). The first kappa shape index (κ1) is 25.9. The predicted molar refractivity (Wildman–Crippen MR) is 134 cm³/mol. The van der Waals surface area contributed by atoms with Crippen LogP contribution in [-0.2, 0) is 16.8 Å². The number of nitrogens with two attached hydrogens (primary N) is 1. The Morgan fingerprint density at radius 3 is 2.26 bits per heavy atom. The number of hydrogen-bond donors (Lipinski definition) is 1. The molecular weight excluding hydrogens is 426 g/mol. The summed E-state index contributed by atoms with van der Waals surface area (Å²) in [7, 11) is 2.16. The number of aromatic nitrogens is 2. The number of carbonyl (C=O) groups excluding carboxylic acids is 1. The molecule has 1 unspecified atom stereocenters. The average molecular weight is 465 g/mol. The molecule has 1 aromatic carbocycles. The molecule has 1 saturated heterocycles. The van der Waals surface area contributed by atoms with Gasteiger partial charge in [0.25, 0.3) is 5.82 Å². The van der Waals surface area contributed by atoms with Crippen molar-refractivity contribution in [1.82, 2.24) is 24.4 Å². The lowest BCUT2D eigenvalue weighted by Crippen LogP contribution is -2.68. The molecule has 2 aromatic rings. The van der Waals surface area contributed by atoms with E-state index in [9.17, 15) is 10.1 Å². The molecule has 182 valence electrons. The predicted octanol–water partition coefficient (Wildman–Crippen LogP) is 2.83. The molecule has 1 aliphatic heterocycles. The molecule has 8 heteroatoms. The van der Waals surface area contributed by atoms with Crippen LogP contribution < -0.4 is 10.4 Å². The monoisotopic (exact) mass is 464 g/mol. The summed E-state index contributed by atoms with van der Waals surface area (Å²) in [5.41, 5.74) is 1.000. The van der Waals surface area contributed by atoms with Gasteiger partial charge in [0.2, 0.25) is 5.82 Å². The minimum atomic E-state index is -0.871. The number of rotatable bonds is 6. The second-order valence-electron chi connectivity index (χ2n) is 11.1. The number of nitriles is 1. The summed E-state index contributed by atoms with van der Waals surface area (Å²) in [4.78, 5) is 27.2. The van der Waals surface area contributed by atoms with E-state index >= 15 is 0 Å². The Hall–Kier alpha value is -2.70. The molecule has 1 fully saturated rings. The summed E-state index contributed by atoms with van der Waals surface area (Å²) in [5, 5.41) is 9.28. The van der Waals surface area contributed by atoms with Crippen molar-refractivity contribution in [2.45, 2.75) is 46.6 Å². The molecule has 1 aromatic heterocycles. The summed E-state index contributed by atoms with van der Waals surface area (Å²) in [5.74, 6) is 6.98. The number of carbonyl (C=O) groups is 1. The van der Waals surface area contributed by atoms with E-state index in [0.29, 0.717) is 12.4 Å². The smallest absolute Gasteiger partial charge is 0.304 e. The van der Waals surface area contributed by atoms with Crippen molar-refractivity contribution in [3.8, 4) is 6.07 Å². The van der Waals surface area contributed by atoms with E-state index in [1.165, 1.54) is 11.8 Å². The van der Waals surface area contributed by atoms with Crippen molar-refractivity contribution in [1.29, 1.82) is 5.26 Å². The highest BCUT2D eigenvalue weighted by Gasteiger charge is 2.50. The Labute approximate surface area is 203 Å². The minimum Gasteiger partial charge on any atom is -0.304 e. The molecule has 0 radical (unpaired) electrons. The van der Waals surface area contributed by atoms with Gasteiger partial charge in [0.1, 0.15) is 18.0 Å². The molecular formula is C26H38N7O+. The highest BCUT2D eigenvalue weighted by Crippen LogP contribution is 2.33. The van der Waals surface area contributed by atoms with Crippen LogP contribution in [0.15, 0.2) is 36.5 Å². The first-order valence-electron chi connectivity index (χ1n) is 11.8. The maximum atomic E-state index is 14.1. The van der Waals surface area contributed by atoms with Crippen LogP contribution in [0.1, 0.15) is 51.6 Å². The number of likely N-dealkylation sites (N-methyl/N-ethyl adjacent to an activating group) is 1. The summed E-state index contributed by atoms with van der Waals surface area (Å²) < 4.78 is -0.503. The second-order valence-corrected chi connectivity index (χ2v) is 11.1. The van der Waals surface area contributed by atoms with Gasteiger partial charge in [0, 0.05) is 50.4 Å². The van der Waals surface area contributed by atoms with Crippen molar-refractivity contribution in [3.63, 3.8) is 0 Å². The minimum absolute atomic E-state index is 0.00164. The van der Waals surface area contributed by atoms with Crippen molar-refractivity contribution in [2.75, 3.05) is 39.8 Å². The number of quaternary nitrogens is 1. The van der Waals surface area contributed by atoms with Crippen LogP contribution in [0.5, 0.6) is 0 Å². The topological polar surface area (TPSA) is 99.1 Å². The zero-order chi connectivity index (χ0) is 25.1. The fraction of sp³-hybridized carbons (Fsp3) is 0.538. The van der Waals surface area contributed by atoms with Gasteiger partial charge in [-0.1, -0.05) is 45.0 Å².